The Morgan fingerprint density at radius 2 is 1.91 bits per heavy atom. The molecule has 0 saturated heterocycles. The van der Waals surface area contributed by atoms with Gasteiger partial charge in [-0.3, -0.25) is 4.79 Å². The second-order valence-electron chi connectivity index (χ2n) is 6.78. The van der Waals surface area contributed by atoms with Gasteiger partial charge in [0.25, 0.3) is 0 Å². The molecule has 9 nitrogen and oxygen atoms in total. The molecule has 0 bridgehead atoms. The van der Waals surface area contributed by atoms with E-state index in [2.05, 4.69) is 31.3 Å². The molecule has 4 aromatic rings. The van der Waals surface area contributed by atoms with E-state index in [0.29, 0.717) is 27.6 Å². The Morgan fingerprint density at radius 3 is 2.55 bits per heavy atom. The van der Waals surface area contributed by atoms with E-state index in [9.17, 15) is 10.1 Å². The van der Waals surface area contributed by atoms with Crippen molar-refractivity contribution in [3.8, 4) is 34.2 Å². The lowest BCUT2D eigenvalue weighted by Gasteiger charge is -2.13. The van der Waals surface area contributed by atoms with Gasteiger partial charge in [0.1, 0.15) is 16.8 Å². The maximum Gasteiger partial charge on any atom is 0.236 e. The fraction of sp³-hybridized carbons (Fsp3) is 0.0870. The maximum atomic E-state index is 12.4. The van der Waals surface area contributed by atoms with Crippen LogP contribution in [0, 0.1) is 11.3 Å². The quantitative estimate of drug-likeness (QED) is 0.393. The number of carbonyl (C=O) groups is 1. The summed E-state index contributed by atoms with van der Waals surface area (Å²) in [4.78, 5) is 17.1. The first-order valence-electron chi connectivity index (χ1n) is 9.74. The smallest absolute Gasteiger partial charge is 0.236 e. The molecule has 2 aromatic carbocycles. The molecule has 0 atom stereocenters. The maximum absolute atomic E-state index is 12.4. The normalized spacial score (nSPS) is 10.4. The fourth-order valence-corrected chi connectivity index (χ4v) is 3.88. The van der Waals surface area contributed by atoms with E-state index in [4.69, 9.17) is 10.5 Å². The largest absolute Gasteiger partial charge is 0.497 e. The third-order valence-electron chi connectivity index (χ3n) is 4.68. The minimum Gasteiger partial charge on any atom is -0.497 e. The standard InChI is InChI=1S/C23H18N6O3S/c1-31-16-9-7-14(8-10-16)17-11-19(15-5-3-2-4-6-15)26-23(18(17)12-24)33-13-20(30)27-22-21(25)28-32-29-22/h2-11H,13H2,1H3,(H2,25,28)(H,27,29,30). The van der Waals surface area contributed by atoms with Crippen LogP contribution in [0.4, 0.5) is 11.6 Å². The van der Waals surface area contributed by atoms with Crippen molar-refractivity contribution in [2.45, 2.75) is 5.03 Å². The molecule has 1 amide bonds. The summed E-state index contributed by atoms with van der Waals surface area (Å²) in [7, 11) is 1.60. The van der Waals surface area contributed by atoms with Crippen LogP contribution in [-0.2, 0) is 4.79 Å². The number of hydrogen-bond acceptors (Lipinski definition) is 9. The van der Waals surface area contributed by atoms with E-state index in [-0.39, 0.29) is 23.3 Å². The number of thioether (sulfide) groups is 1. The van der Waals surface area contributed by atoms with Gasteiger partial charge in [0, 0.05) is 11.1 Å². The van der Waals surface area contributed by atoms with Crippen LogP contribution in [0.5, 0.6) is 5.75 Å². The second kappa shape index (κ2) is 9.84. The van der Waals surface area contributed by atoms with Crippen molar-refractivity contribution in [3.63, 3.8) is 0 Å². The molecule has 0 aliphatic heterocycles. The molecular weight excluding hydrogens is 440 g/mol. The molecule has 0 saturated carbocycles. The predicted molar refractivity (Wildman–Crippen MR) is 124 cm³/mol. The average Bonchev–Trinajstić information content (AvgIpc) is 3.26. The van der Waals surface area contributed by atoms with Crippen LogP contribution in [0.25, 0.3) is 22.4 Å². The van der Waals surface area contributed by atoms with Gasteiger partial charge in [-0.1, -0.05) is 54.2 Å². The predicted octanol–water partition coefficient (Wildman–Crippen LogP) is 3.99. The van der Waals surface area contributed by atoms with Crippen molar-refractivity contribution in [3.05, 3.63) is 66.2 Å². The van der Waals surface area contributed by atoms with E-state index < -0.39 is 0 Å². The number of amides is 1. The first-order chi connectivity index (χ1) is 16.1. The lowest BCUT2D eigenvalue weighted by atomic mass is 9.99. The highest BCUT2D eigenvalue weighted by atomic mass is 32.2. The number of nitrogens with two attached hydrogens (primary N) is 1. The van der Waals surface area contributed by atoms with Crippen molar-refractivity contribution in [2.75, 3.05) is 23.9 Å². The monoisotopic (exact) mass is 458 g/mol. The number of hydrogen-bond donors (Lipinski definition) is 2. The van der Waals surface area contributed by atoms with Crippen LogP contribution in [0.2, 0.25) is 0 Å². The van der Waals surface area contributed by atoms with E-state index >= 15 is 0 Å². The molecule has 2 aromatic heterocycles. The highest BCUT2D eigenvalue weighted by Crippen LogP contribution is 2.35. The molecular formula is C23H18N6O3S. The van der Waals surface area contributed by atoms with Gasteiger partial charge >= 0.3 is 0 Å². The van der Waals surface area contributed by atoms with Gasteiger partial charge < -0.3 is 15.8 Å². The number of nitrogens with one attached hydrogen (secondary N) is 1. The number of anilines is 2. The van der Waals surface area contributed by atoms with Crippen LogP contribution in [0.15, 0.2) is 70.3 Å². The second-order valence-corrected chi connectivity index (χ2v) is 7.74. The van der Waals surface area contributed by atoms with Gasteiger partial charge in [-0.15, -0.1) is 0 Å². The molecule has 0 radical (unpaired) electrons. The fourth-order valence-electron chi connectivity index (χ4n) is 3.07. The molecule has 0 aliphatic rings. The number of rotatable bonds is 7. The zero-order chi connectivity index (χ0) is 23.2. The summed E-state index contributed by atoms with van der Waals surface area (Å²) < 4.78 is 9.72. The average molecular weight is 459 g/mol. The Morgan fingerprint density at radius 1 is 1.15 bits per heavy atom. The Bertz CT molecular complexity index is 1320. The summed E-state index contributed by atoms with van der Waals surface area (Å²) in [5, 5.41) is 19.9. The Labute approximate surface area is 193 Å². The minimum absolute atomic E-state index is 0.0166. The topological polar surface area (TPSA) is 140 Å². The number of pyridine rings is 1. The summed E-state index contributed by atoms with van der Waals surface area (Å²) >= 11 is 1.14. The summed E-state index contributed by atoms with van der Waals surface area (Å²) in [5.74, 6) is 0.337. The van der Waals surface area contributed by atoms with Crippen molar-refractivity contribution >= 4 is 29.3 Å². The molecule has 10 heteroatoms. The molecule has 4 rings (SSSR count). The van der Waals surface area contributed by atoms with Crippen LogP contribution in [0.1, 0.15) is 5.56 Å². The van der Waals surface area contributed by atoms with Crippen LogP contribution in [-0.4, -0.2) is 34.1 Å². The molecule has 164 valence electrons. The van der Waals surface area contributed by atoms with Gasteiger partial charge in [0.15, 0.2) is 0 Å². The lowest BCUT2D eigenvalue weighted by Crippen LogP contribution is -2.15. The minimum atomic E-state index is -0.385. The molecule has 33 heavy (non-hydrogen) atoms. The third-order valence-corrected chi connectivity index (χ3v) is 5.66. The third kappa shape index (κ3) is 4.94. The molecule has 0 aliphatic carbocycles. The SMILES string of the molecule is COc1ccc(-c2cc(-c3ccccc3)nc(SCC(=O)Nc3nonc3N)c2C#N)cc1. The number of methoxy groups -OCH3 is 1. The molecule has 2 heterocycles. The molecule has 0 spiro atoms. The Hall–Kier alpha value is -4.36. The number of carbonyl (C=O) groups excluding carboxylic acids is 1. The van der Waals surface area contributed by atoms with Crippen molar-refractivity contribution in [1.29, 1.82) is 5.26 Å². The summed E-state index contributed by atoms with van der Waals surface area (Å²) in [6.45, 7) is 0. The highest BCUT2D eigenvalue weighted by Gasteiger charge is 2.18. The first kappa shape index (κ1) is 21.9. The zero-order valence-corrected chi connectivity index (χ0v) is 18.3. The van der Waals surface area contributed by atoms with Gasteiger partial charge in [-0.2, -0.15) is 5.26 Å². The van der Waals surface area contributed by atoms with Crippen molar-refractivity contribution in [1.82, 2.24) is 15.3 Å². The molecule has 3 N–H and O–H groups in total. The highest BCUT2D eigenvalue weighted by molar-refractivity contribution is 8.00. The molecule has 0 fully saturated rings. The number of nitrogen functional groups attached to an aromatic ring is 1. The number of aromatic nitrogens is 3. The van der Waals surface area contributed by atoms with E-state index in [1.807, 2.05) is 60.7 Å². The zero-order valence-electron chi connectivity index (χ0n) is 17.5. The number of nitrogens with zero attached hydrogens (tertiary/aromatic N) is 4. The Kier molecular flexibility index (Phi) is 6.52. The van der Waals surface area contributed by atoms with E-state index in [1.165, 1.54) is 0 Å². The van der Waals surface area contributed by atoms with E-state index in [1.54, 1.807) is 7.11 Å². The van der Waals surface area contributed by atoms with Crippen LogP contribution in [0.3, 0.4) is 0 Å². The Balaban J connectivity index is 1.70. The lowest BCUT2D eigenvalue weighted by molar-refractivity contribution is -0.113. The number of benzene rings is 2. The number of nitriles is 1. The van der Waals surface area contributed by atoms with Gasteiger partial charge in [0.05, 0.1) is 24.1 Å². The van der Waals surface area contributed by atoms with Gasteiger partial charge in [-0.05, 0) is 34.1 Å². The first-order valence-corrected chi connectivity index (χ1v) is 10.7. The summed E-state index contributed by atoms with van der Waals surface area (Å²) in [6.07, 6.45) is 0. The van der Waals surface area contributed by atoms with E-state index in [0.717, 1.165) is 22.9 Å². The van der Waals surface area contributed by atoms with Crippen molar-refractivity contribution in [2.24, 2.45) is 0 Å². The summed E-state index contributed by atoms with van der Waals surface area (Å²) in [6, 6.07) is 21.2. The summed E-state index contributed by atoms with van der Waals surface area (Å²) in [5.41, 5.74) is 9.08. The number of ether oxygens (including phenoxy) is 1. The van der Waals surface area contributed by atoms with Gasteiger partial charge in [0.2, 0.25) is 17.5 Å². The van der Waals surface area contributed by atoms with Crippen LogP contribution < -0.4 is 15.8 Å². The van der Waals surface area contributed by atoms with Crippen LogP contribution >= 0.6 is 11.8 Å². The molecule has 0 unspecified atom stereocenters. The van der Waals surface area contributed by atoms with Crippen molar-refractivity contribution < 1.29 is 14.2 Å². The van der Waals surface area contributed by atoms with Gasteiger partial charge in [-0.25, -0.2) is 9.61 Å².